The van der Waals surface area contributed by atoms with Crippen molar-refractivity contribution in [1.82, 2.24) is 15.0 Å². The summed E-state index contributed by atoms with van der Waals surface area (Å²) < 4.78 is 1.76. The van der Waals surface area contributed by atoms with Gasteiger partial charge in [0.25, 0.3) is 0 Å². The first-order chi connectivity index (χ1) is 6.81. The molecule has 4 heteroatoms. The van der Waals surface area contributed by atoms with E-state index < -0.39 is 0 Å². The maximum Gasteiger partial charge on any atom is 0.113 e. The Morgan fingerprint density at radius 3 is 3.14 bits per heavy atom. The molecule has 0 saturated carbocycles. The number of nitrogens with two attached hydrogens (primary N) is 1. The molecular weight excluding hydrogens is 176 g/mol. The molecule has 4 nitrogen and oxygen atoms in total. The van der Waals surface area contributed by atoms with Crippen LogP contribution in [0.15, 0.2) is 24.3 Å². The molecule has 0 saturated heterocycles. The monoisotopic (exact) mass is 188 g/mol. The molecule has 0 atom stereocenters. The number of fused-ring (bicyclic) bond motifs is 1. The van der Waals surface area contributed by atoms with E-state index in [1.807, 2.05) is 37.4 Å². The van der Waals surface area contributed by atoms with E-state index in [1.54, 1.807) is 4.68 Å². The molecule has 0 bridgehead atoms. The van der Waals surface area contributed by atoms with Gasteiger partial charge in [0.05, 0.1) is 5.52 Å². The van der Waals surface area contributed by atoms with Crippen molar-refractivity contribution in [1.29, 1.82) is 0 Å². The van der Waals surface area contributed by atoms with Gasteiger partial charge in [0, 0.05) is 13.6 Å². The van der Waals surface area contributed by atoms with E-state index in [0.717, 1.165) is 16.6 Å². The van der Waals surface area contributed by atoms with Gasteiger partial charge in [-0.25, -0.2) is 4.68 Å². The highest BCUT2D eigenvalue weighted by Crippen LogP contribution is 2.13. The Kier molecular flexibility index (Phi) is 2.28. The number of benzene rings is 1. The zero-order valence-electron chi connectivity index (χ0n) is 8.01. The first kappa shape index (κ1) is 8.90. The molecule has 1 heterocycles. The first-order valence-corrected chi connectivity index (χ1v) is 4.47. The topological polar surface area (TPSA) is 56.7 Å². The quantitative estimate of drug-likeness (QED) is 0.763. The van der Waals surface area contributed by atoms with Crippen LogP contribution in [-0.2, 0) is 7.05 Å². The Labute approximate surface area is 82.0 Å². The molecule has 72 valence electrons. The lowest BCUT2D eigenvalue weighted by molar-refractivity contribution is 0.736. The highest BCUT2D eigenvalue weighted by atomic mass is 15.4. The van der Waals surface area contributed by atoms with Crippen molar-refractivity contribution < 1.29 is 0 Å². The average Bonchev–Trinajstić information content (AvgIpc) is 2.57. The van der Waals surface area contributed by atoms with E-state index in [0.29, 0.717) is 6.54 Å². The molecule has 0 aliphatic carbocycles. The Morgan fingerprint density at radius 2 is 2.36 bits per heavy atom. The van der Waals surface area contributed by atoms with Gasteiger partial charge >= 0.3 is 0 Å². The van der Waals surface area contributed by atoms with Crippen LogP contribution in [0.3, 0.4) is 0 Å². The zero-order valence-corrected chi connectivity index (χ0v) is 8.01. The first-order valence-electron chi connectivity index (χ1n) is 4.47. The second-order valence-electron chi connectivity index (χ2n) is 3.10. The van der Waals surface area contributed by atoms with Crippen LogP contribution in [0, 0.1) is 0 Å². The summed E-state index contributed by atoms with van der Waals surface area (Å²) in [4.78, 5) is 0. The molecule has 1 aromatic heterocycles. The molecule has 2 aromatic rings. The molecule has 0 fully saturated rings. The molecule has 2 N–H and O–H groups in total. The average molecular weight is 188 g/mol. The van der Waals surface area contributed by atoms with Crippen molar-refractivity contribution in [3.05, 3.63) is 29.8 Å². The van der Waals surface area contributed by atoms with Gasteiger partial charge in [-0.05, 0) is 17.7 Å². The van der Waals surface area contributed by atoms with Gasteiger partial charge in [-0.1, -0.05) is 23.4 Å². The number of hydrogen-bond donors (Lipinski definition) is 1. The van der Waals surface area contributed by atoms with Crippen LogP contribution in [-0.4, -0.2) is 21.5 Å². The molecular formula is C10H12N4. The zero-order chi connectivity index (χ0) is 9.97. The highest BCUT2D eigenvalue weighted by molar-refractivity contribution is 5.77. The maximum atomic E-state index is 5.38. The van der Waals surface area contributed by atoms with E-state index in [4.69, 9.17) is 5.73 Å². The SMILES string of the molecule is Cn1nnc2ccc(/C=C/CN)cc21. The van der Waals surface area contributed by atoms with Crippen molar-refractivity contribution >= 4 is 17.1 Å². The Morgan fingerprint density at radius 1 is 1.50 bits per heavy atom. The van der Waals surface area contributed by atoms with E-state index in [-0.39, 0.29) is 0 Å². The summed E-state index contributed by atoms with van der Waals surface area (Å²) in [6.07, 6.45) is 3.91. The molecule has 0 radical (unpaired) electrons. The Hall–Kier alpha value is -1.68. The number of aryl methyl sites for hydroxylation is 1. The van der Waals surface area contributed by atoms with Crippen LogP contribution < -0.4 is 5.73 Å². The van der Waals surface area contributed by atoms with Gasteiger partial charge in [0.15, 0.2) is 0 Å². The highest BCUT2D eigenvalue weighted by Gasteiger charge is 1.99. The smallest absolute Gasteiger partial charge is 0.113 e. The Bertz CT molecular complexity index is 470. The minimum absolute atomic E-state index is 0.557. The normalized spacial score (nSPS) is 11.6. The van der Waals surface area contributed by atoms with Crippen LogP contribution in [0.2, 0.25) is 0 Å². The molecule has 0 spiro atoms. The van der Waals surface area contributed by atoms with Crippen LogP contribution in [0.5, 0.6) is 0 Å². The Balaban J connectivity index is 2.49. The number of hydrogen-bond acceptors (Lipinski definition) is 3. The third-order valence-electron chi connectivity index (χ3n) is 2.08. The summed E-state index contributed by atoms with van der Waals surface area (Å²) >= 11 is 0. The predicted octanol–water partition coefficient (Wildman–Crippen LogP) is 0.940. The largest absolute Gasteiger partial charge is 0.327 e. The predicted molar refractivity (Wildman–Crippen MR) is 56.6 cm³/mol. The van der Waals surface area contributed by atoms with Crippen molar-refractivity contribution in [3.63, 3.8) is 0 Å². The lowest BCUT2D eigenvalue weighted by atomic mass is 10.2. The fourth-order valence-electron chi connectivity index (χ4n) is 1.36. The summed E-state index contributed by atoms with van der Waals surface area (Å²) in [7, 11) is 1.88. The van der Waals surface area contributed by atoms with Gasteiger partial charge in [-0.3, -0.25) is 0 Å². The second-order valence-corrected chi connectivity index (χ2v) is 3.10. The van der Waals surface area contributed by atoms with Crippen LogP contribution in [0.25, 0.3) is 17.1 Å². The second kappa shape index (κ2) is 3.59. The molecule has 1 aromatic carbocycles. The third-order valence-corrected chi connectivity index (χ3v) is 2.08. The number of nitrogens with zero attached hydrogens (tertiary/aromatic N) is 3. The van der Waals surface area contributed by atoms with E-state index >= 15 is 0 Å². The summed E-state index contributed by atoms with van der Waals surface area (Å²) in [5.74, 6) is 0. The molecule has 14 heavy (non-hydrogen) atoms. The van der Waals surface area contributed by atoms with Crippen LogP contribution in [0.1, 0.15) is 5.56 Å². The summed E-state index contributed by atoms with van der Waals surface area (Å²) in [6.45, 7) is 0.557. The summed E-state index contributed by atoms with van der Waals surface area (Å²) in [5.41, 5.74) is 8.45. The molecule has 0 amide bonds. The maximum absolute atomic E-state index is 5.38. The third kappa shape index (κ3) is 1.52. The summed E-state index contributed by atoms with van der Waals surface area (Å²) in [6, 6.07) is 6.00. The van der Waals surface area contributed by atoms with Crippen molar-refractivity contribution in [3.8, 4) is 0 Å². The molecule has 0 unspecified atom stereocenters. The molecule has 2 rings (SSSR count). The summed E-state index contributed by atoms with van der Waals surface area (Å²) in [5, 5.41) is 7.94. The fourth-order valence-corrected chi connectivity index (χ4v) is 1.36. The van der Waals surface area contributed by atoms with E-state index in [1.165, 1.54) is 0 Å². The lowest BCUT2D eigenvalue weighted by Gasteiger charge is -1.94. The van der Waals surface area contributed by atoms with E-state index in [2.05, 4.69) is 10.3 Å². The standard InChI is InChI=1S/C10H12N4/c1-14-10-7-8(3-2-6-11)4-5-9(10)12-13-14/h2-5,7H,6,11H2,1H3/b3-2+. The minimum Gasteiger partial charge on any atom is -0.327 e. The van der Waals surface area contributed by atoms with Crippen LogP contribution in [0.4, 0.5) is 0 Å². The number of rotatable bonds is 2. The van der Waals surface area contributed by atoms with Gasteiger partial charge in [0.1, 0.15) is 5.52 Å². The molecule has 0 aliphatic heterocycles. The minimum atomic E-state index is 0.557. The van der Waals surface area contributed by atoms with Crippen molar-refractivity contribution in [2.24, 2.45) is 12.8 Å². The van der Waals surface area contributed by atoms with Gasteiger partial charge < -0.3 is 5.73 Å². The van der Waals surface area contributed by atoms with Crippen LogP contribution >= 0.6 is 0 Å². The van der Waals surface area contributed by atoms with Gasteiger partial charge in [-0.2, -0.15) is 0 Å². The lowest BCUT2D eigenvalue weighted by Crippen LogP contribution is -1.92. The molecule has 0 aliphatic rings. The van der Waals surface area contributed by atoms with Gasteiger partial charge in [0.2, 0.25) is 0 Å². The van der Waals surface area contributed by atoms with Crippen molar-refractivity contribution in [2.75, 3.05) is 6.54 Å². The van der Waals surface area contributed by atoms with Crippen molar-refractivity contribution in [2.45, 2.75) is 0 Å². The number of aromatic nitrogens is 3. The van der Waals surface area contributed by atoms with E-state index in [9.17, 15) is 0 Å². The van der Waals surface area contributed by atoms with Gasteiger partial charge in [-0.15, -0.1) is 5.10 Å². The fraction of sp³-hybridized carbons (Fsp3) is 0.200.